The van der Waals surface area contributed by atoms with Gasteiger partial charge in [0, 0.05) is 24.8 Å². The Kier molecular flexibility index (Phi) is 7.27. The van der Waals surface area contributed by atoms with Crippen molar-refractivity contribution >= 4 is 17.8 Å². The standard InChI is InChI=1S/C31H33FN2O7/c1-15(2)33-24-11-9-21-25(17-6-10-22-23(14-17)41-31(4,32)40-22)27(30(37)38)26(28(21)34-24)20-8-7-19(39-5)13-18(20)12-16(3)29(35)36/h6-11,13-16,25-27H,12H2,1-5H3,(H,33,34)(H,35,36)(H,37,38)/t16?,25-,26-,27+,31?/m0/s1. The minimum Gasteiger partial charge on any atom is -0.497 e. The van der Waals surface area contributed by atoms with Crippen LogP contribution < -0.4 is 19.5 Å². The van der Waals surface area contributed by atoms with Crippen LogP contribution in [0.5, 0.6) is 17.2 Å². The van der Waals surface area contributed by atoms with Gasteiger partial charge < -0.3 is 29.7 Å². The van der Waals surface area contributed by atoms with E-state index < -0.39 is 41.7 Å². The van der Waals surface area contributed by atoms with Crippen molar-refractivity contribution in [1.29, 1.82) is 0 Å². The summed E-state index contributed by atoms with van der Waals surface area (Å²) in [4.78, 5) is 29.8. The van der Waals surface area contributed by atoms with Crippen LogP contribution in [0.4, 0.5) is 10.2 Å². The highest BCUT2D eigenvalue weighted by Gasteiger charge is 2.49. The summed E-state index contributed by atoms with van der Waals surface area (Å²) in [6.45, 7) is 6.73. The molecule has 0 saturated heterocycles. The number of hydrogen-bond acceptors (Lipinski definition) is 7. The third-order valence-corrected chi connectivity index (χ3v) is 7.57. The molecule has 0 saturated carbocycles. The maximum atomic E-state index is 14.4. The molecule has 5 rings (SSSR count). The Hall–Kier alpha value is -4.34. The molecule has 3 N–H and O–H groups in total. The molecule has 2 aliphatic rings. The van der Waals surface area contributed by atoms with Crippen LogP contribution in [0.2, 0.25) is 0 Å². The van der Waals surface area contributed by atoms with Gasteiger partial charge in [-0.05, 0) is 72.9 Å². The molecule has 41 heavy (non-hydrogen) atoms. The van der Waals surface area contributed by atoms with Gasteiger partial charge >= 0.3 is 18.0 Å². The molecule has 3 aromatic rings. The highest BCUT2D eigenvalue weighted by Crippen LogP contribution is 2.54. The Morgan fingerprint density at radius 3 is 2.39 bits per heavy atom. The molecular weight excluding hydrogens is 531 g/mol. The van der Waals surface area contributed by atoms with Crippen molar-refractivity contribution in [3.63, 3.8) is 0 Å². The number of benzene rings is 2. The first-order valence-electron chi connectivity index (χ1n) is 13.5. The molecule has 1 aromatic heterocycles. The van der Waals surface area contributed by atoms with E-state index in [1.807, 2.05) is 26.0 Å². The molecule has 1 aliphatic carbocycles. The molecule has 0 amide bonds. The average Bonchev–Trinajstić information content (AvgIpc) is 3.40. The lowest BCUT2D eigenvalue weighted by Gasteiger charge is -2.25. The largest absolute Gasteiger partial charge is 0.497 e. The van der Waals surface area contributed by atoms with Crippen molar-refractivity contribution in [2.75, 3.05) is 12.4 Å². The third-order valence-electron chi connectivity index (χ3n) is 7.57. The lowest BCUT2D eigenvalue weighted by molar-refractivity contribution is -0.173. The summed E-state index contributed by atoms with van der Waals surface area (Å²) in [5, 5.41) is 23.7. The summed E-state index contributed by atoms with van der Waals surface area (Å²) >= 11 is 0. The molecule has 2 aromatic carbocycles. The lowest BCUT2D eigenvalue weighted by Crippen LogP contribution is -2.27. The van der Waals surface area contributed by atoms with E-state index in [0.29, 0.717) is 39.5 Å². The highest BCUT2D eigenvalue weighted by molar-refractivity contribution is 5.78. The van der Waals surface area contributed by atoms with Gasteiger partial charge in [0.15, 0.2) is 11.5 Å². The lowest BCUT2D eigenvalue weighted by atomic mass is 9.78. The number of alkyl halides is 1. The van der Waals surface area contributed by atoms with Crippen molar-refractivity contribution in [3.05, 3.63) is 76.5 Å². The fourth-order valence-corrected chi connectivity index (χ4v) is 5.84. The highest BCUT2D eigenvalue weighted by atomic mass is 19.2. The van der Waals surface area contributed by atoms with Crippen molar-refractivity contribution < 1.29 is 38.4 Å². The second-order valence-corrected chi connectivity index (χ2v) is 11.0. The monoisotopic (exact) mass is 564 g/mol. The number of carboxylic acid groups (broad SMARTS) is 2. The number of carboxylic acids is 2. The Balaban J connectivity index is 1.70. The van der Waals surface area contributed by atoms with Gasteiger partial charge in [0.2, 0.25) is 0 Å². The number of aromatic nitrogens is 1. The smallest absolute Gasteiger partial charge is 0.404 e. The van der Waals surface area contributed by atoms with Crippen LogP contribution in [0.3, 0.4) is 0 Å². The molecule has 2 heterocycles. The molecular formula is C31H33FN2O7. The SMILES string of the molecule is COc1ccc([C@@H]2c3nc(NC(C)C)ccc3[C@H](c3ccc4c(c3)OC(C)(F)O4)[C@H]2C(=O)O)c(CC(C)C(=O)O)c1. The minimum absolute atomic E-state index is 0.0864. The van der Waals surface area contributed by atoms with Crippen LogP contribution in [-0.2, 0) is 16.0 Å². The van der Waals surface area contributed by atoms with E-state index in [9.17, 15) is 24.2 Å². The number of pyridine rings is 1. The first-order chi connectivity index (χ1) is 19.4. The zero-order valence-electron chi connectivity index (χ0n) is 23.5. The fourth-order valence-electron chi connectivity index (χ4n) is 5.84. The molecule has 2 unspecified atom stereocenters. The number of hydrogen-bond donors (Lipinski definition) is 3. The van der Waals surface area contributed by atoms with Crippen LogP contribution in [0.1, 0.15) is 67.5 Å². The summed E-state index contributed by atoms with van der Waals surface area (Å²) in [5.74, 6) is -3.53. The van der Waals surface area contributed by atoms with Crippen molar-refractivity contribution in [1.82, 2.24) is 4.98 Å². The molecule has 0 radical (unpaired) electrons. The van der Waals surface area contributed by atoms with Crippen molar-refractivity contribution in [3.8, 4) is 17.2 Å². The predicted molar refractivity (Wildman–Crippen MR) is 149 cm³/mol. The van der Waals surface area contributed by atoms with Crippen LogP contribution >= 0.6 is 0 Å². The zero-order valence-corrected chi connectivity index (χ0v) is 23.5. The average molecular weight is 565 g/mol. The van der Waals surface area contributed by atoms with Crippen LogP contribution in [-0.4, -0.2) is 46.3 Å². The van der Waals surface area contributed by atoms with Gasteiger partial charge in [-0.15, -0.1) is 0 Å². The number of nitrogens with one attached hydrogen (secondary N) is 1. The number of methoxy groups -OCH3 is 1. The summed E-state index contributed by atoms with van der Waals surface area (Å²) in [6.07, 6.45) is 0.174. The number of rotatable bonds is 9. The fraction of sp³-hybridized carbons (Fsp3) is 0.387. The van der Waals surface area contributed by atoms with Crippen molar-refractivity contribution in [2.24, 2.45) is 11.8 Å². The van der Waals surface area contributed by atoms with Gasteiger partial charge in [-0.1, -0.05) is 25.1 Å². The Bertz CT molecular complexity index is 1510. The van der Waals surface area contributed by atoms with E-state index in [0.717, 1.165) is 6.92 Å². The maximum absolute atomic E-state index is 14.4. The maximum Gasteiger partial charge on any atom is 0.404 e. The number of aliphatic carboxylic acids is 2. The number of anilines is 1. The topological polar surface area (TPSA) is 127 Å². The van der Waals surface area contributed by atoms with Gasteiger partial charge in [-0.25, -0.2) is 4.98 Å². The van der Waals surface area contributed by atoms with Crippen LogP contribution in [0.15, 0.2) is 48.5 Å². The number of nitrogens with zero attached hydrogens (tertiary/aromatic N) is 1. The van der Waals surface area contributed by atoms with E-state index >= 15 is 0 Å². The number of ether oxygens (including phenoxy) is 3. The second kappa shape index (κ2) is 10.6. The normalized spacial score (nSPS) is 23.2. The van der Waals surface area contributed by atoms with E-state index in [2.05, 4.69) is 5.32 Å². The Labute approximate surface area is 237 Å². The number of halogens is 1. The first kappa shape index (κ1) is 28.2. The zero-order chi connectivity index (χ0) is 29.6. The third kappa shape index (κ3) is 5.38. The predicted octanol–water partition coefficient (Wildman–Crippen LogP) is 5.57. The Morgan fingerprint density at radius 1 is 1.02 bits per heavy atom. The van der Waals surface area contributed by atoms with Gasteiger partial charge in [0.1, 0.15) is 11.6 Å². The van der Waals surface area contributed by atoms with Gasteiger partial charge in [0.25, 0.3) is 0 Å². The molecule has 9 nitrogen and oxygen atoms in total. The summed E-state index contributed by atoms with van der Waals surface area (Å²) in [6, 6.07) is 11.7. The van der Waals surface area contributed by atoms with E-state index in [4.69, 9.17) is 19.2 Å². The molecule has 5 atom stereocenters. The second-order valence-electron chi connectivity index (χ2n) is 11.0. The molecule has 0 bridgehead atoms. The van der Waals surface area contributed by atoms with E-state index in [-0.39, 0.29) is 24.0 Å². The molecule has 0 fully saturated rings. The van der Waals surface area contributed by atoms with E-state index in [1.165, 1.54) is 7.11 Å². The molecule has 216 valence electrons. The quantitative estimate of drug-likeness (QED) is 0.306. The van der Waals surface area contributed by atoms with Crippen molar-refractivity contribution in [2.45, 2.75) is 58.0 Å². The van der Waals surface area contributed by atoms with Crippen LogP contribution in [0.25, 0.3) is 0 Å². The molecule has 1 aliphatic heterocycles. The Morgan fingerprint density at radius 2 is 1.73 bits per heavy atom. The number of carbonyl (C=O) groups is 2. The summed E-state index contributed by atoms with van der Waals surface area (Å²) in [7, 11) is 1.52. The van der Waals surface area contributed by atoms with Gasteiger partial charge in [-0.2, -0.15) is 4.39 Å². The van der Waals surface area contributed by atoms with Crippen LogP contribution in [0, 0.1) is 11.8 Å². The summed E-state index contributed by atoms with van der Waals surface area (Å²) in [5.41, 5.74) is 3.25. The number of fused-ring (bicyclic) bond motifs is 2. The first-order valence-corrected chi connectivity index (χ1v) is 13.5. The summed E-state index contributed by atoms with van der Waals surface area (Å²) < 4.78 is 30.4. The van der Waals surface area contributed by atoms with E-state index in [1.54, 1.807) is 43.3 Å². The molecule has 10 heteroatoms. The van der Waals surface area contributed by atoms with Gasteiger partial charge in [-0.3, -0.25) is 9.59 Å². The van der Waals surface area contributed by atoms with Gasteiger partial charge in [0.05, 0.1) is 24.6 Å². The minimum atomic E-state index is -2.32. The molecule has 0 spiro atoms.